The predicted molar refractivity (Wildman–Crippen MR) is 73.3 cm³/mol. The molecule has 1 rings (SSSR count). The Morgan fingerprint density at radius 2 is 2.10 bits per heavy atom. The van der Waals surface area contributed by atoms with Gasteiger partial charge >= 0.3 is 5.97 Å². The van der Waals surface area contributed by atoms with E-state index in [1.807, 2.05) is 6.92 Å². The second-order valence-corrected chi connectivity index (χ2v) is 4.24. The molecule has 1 atom stereocenters. The first kappa shape index (κ1) is 15.8. The molecule has 110 valence electrons. The third-order valence-electron chi connectivity index (χ3n) is 2.61. The molecule has 0 saturated carbocycles. The Bertz CT molecular complexity index is 486. The van der Waals surface area contributed by atoms with E-state index in [1.165, 1.54) is 14.0 Å². The maximum atomic E-state index is 12.0. The van der Waals surface area contributed by atoms with E-state index in [1.54, 1.807) is 18.2 Å². The summed E-state index contributed by atoms with van der Waals surface area (Å²) in [7, 11) is 1.52. The molecule has 0 heterocycles. The van der Waals surface area contributed by atoms with Crippen molar-refractivity contribution in [2.24, 2.45) is 0 Å². The first-order valence-electron chi connectivity index (χ1n) is 6.34. The van der Waals surface area contributed by atoms with E-state index in [2.05, 4.69) is 5.32 Å². The van der Waals surface area contributed by atoms with Crippen molar-refractivity contribution < 1.29 is 24.2 Å². The average molecular weight is 281 g/mol. The van der Waals surface area contributed by atoms with Crippen molar-refractivity contribution in [1.82, 2.24) is 5.32 Å². The summed E-state index contributed by atoms with van der Waals surface area (Å²) >= 11 is 0. The van der Waals surface area contributed by atoms with Gasteiger partial charge in [0.05, 0.1) is 19.3 Å². The highest BCUT2D eigenvalue weighted by atomic mass is 16.5. The van der Waals surface area contributed by atoms with Crippen LogP contribution in [0.4, 0.5) is 0 Å². The van der Waals surface area contributed by atoms with Gasteiger partial charge in [-0.25, -0.2) is 0 Å². The number of carboxylic acid groups (broad SMARTS) is 1. The van der Waals surface area contributed by atoms with Crippen LogP contribution in [0.15, 0.2) is 18.2 Å². The van der Waals surface area contributed by atoms with Crippen LogP contribution < -0.4 is 14.8 Å². The van der Waals surface area contributed by atoms with Crippen molar-refractivity contribution in [1.29, 1.82) is 0 Å². The number of carbonyl (C=O) groups excluding carboxylic acids is 1. The van der Waals surface area contributed by atoms with E-state index in [-0.39, 0.29) is 5.56 Å². The van der Waals surface area contributed by atoms with E-state index in [0.29, 0.717) is 18.1 Å². The first-order chi connectivity index (χ1) is 9.49. The minimum atomic E-state index is -1.09. The Morgan fingerprint density at radius 3 is 2.65 bits per heavy atom. The van der Waals surface area contributed by atoms with Gasteiger partial charge in [0.2, 0.25) is 0 Å². The van der Waals surface area contributed by atoms with Crippen molar-refractivity contribution >= 4 is 11.9 Å². The van der Waals surface area contributed by atoms with Gasteiger partial charge in [-0.05, 0) is 25.5 Å². The highest BCUT2D eigenvalue weighted by molar-refractivity contribution is 5.99. The minimum Gasteiger partial charge on any atom is -0.497 e. The quantitative estimate of drug-likeness (QED) is 0.794. The van der Waals surface area contributed by atoms with E-state index < -0.39 is 17.9 Å². The standard InChI is InChI=1S/C14H19NO5/c1-4-7-20-12-8-10(19-3)5-6-11(12)13(16)15-9(2)14(17)18/h5-6,8-9H,4,7H2,1-3H3,(H,15,16)(H,17,18). The molecule has 1 unspecified atom stereocenters. The molecule has 0 spiro atoms. The van der Waals surface area contributed by atoms with Crippen LogP contribution in [0.1, 0.15) is 30.6 Å². The van der Waals surface area contributed by atoms with E-state index in [4.69, 9.17) is 14.6 Å². The molecule has 1 aromatic carbocycles. The summed E-state index contributed by atoms with van der Waals surface area (Å²) in [6, 6.07) is 3.81. The number of methoxy groups -OCH3 is 1. The summed E-state index contributed by atoms with van der Waals surface area (Å²) in [6.07, 6.45) is 0.795. The number of nitrogens with one attached hydrogen (secondary N) is 1. The third kappa shape index (κ3) is 4.15. The van der Waals surface area contributed by atoms with Gasteiger partial charge in [0.15, 0.2) is 0 Å². The van der Waals surface area contributed by atoms with Crippen LogP contribution >= 0.6 is 0 Å². The van der Waals surface area contributed by atoms with Crippen molar-refractivity contribution in [2.75, 3.05) is 13.7 Å². The number of amides is 1. The molecule has 20 heavy (non-hydrogen) atoms. The number of rotatable bonds is 7. The monoisotopic (exact) mass is 281 g/mol. The summed E-state index contributed by atoms with van der Waals surface area (Å²) in [5.41, 5.74) is 0.285. The van der Waals surface area contributed by atoms with Crippen LogP contribution in [0.3, 0.4) is 0 Å². The molecule has 0 fully saturated rings. The van der Waals surface area contributed by atoms with Crippen LogP contribution in [-0.4, -0.2) is 36.7 Å². The normalized spacial score (nSPS) is 11.6. The zero-order valence-corrected chi connectivity index (χ0v) is 11.8. The maximum absolute atomic E-state index is 12.0. The molecule has 0 aliphatic carbocycles. The number of hydrogen-bond donors (Lipinski definition) is 2. The lowest BCUT2D eigenvalue weighted by Gasteiger charge is -2.14. The molecule has 1 aromatic rings. The van der Waals surface area contributed by atoms with Crippen LogP contribution in [-0.2, 0) is 4.79 Å². The maximum Gasteiger partial charge on any atom is 0.325 e. The second-order valence-electron chi connectivity index (χ2n) is 4.24. The van der Waals surface area contributed by atoms with Gasteiger partial charge in [-0.15, -0.1) is 0 Å². The zero-order chi connectivity index (χ0) is 15.1. The molecule has 0 bridgehead atoms. The summed E-state index contributed by atoms with van der Waals surface area (Å²) in [5.74, 6) is -0.642. The second kappa shape index (κ2) is 7.37. The van der Waals surface area contributed by atoms with Gasteiger partial charge in [-0.1, -0.05) is 6.92 Å². The molecular weight excluding hydrogens is 262 g/mol. The number of carbonyl (C=O) groups is 2. The van der Waals surface area contributed by atoms with Gasteiger partial charge in [-0.2, -0.15) is 0 Å². The largest absolute Gasteiger partial charge is 0.497 e. The van der Waals surface area contributed by atoms with Crippen molar-refractivity contribution in [3.05, 3.63) is 23.8 Å². The van der Waals surface area contributed by atoms with Crippen molar-refractivity contribution in [3.63, 3.8) is 0 Å². The van der Waals surface area contributed by atoms with Crippen LogP contribution in [0.25, 0.3) is 0 Å². The molecular formula is C14H19NO5. The Balaban J connectivity index is 2.96. The SMILES string of the molecule is CCCOc1cc(OC)ccc1C(=O)NC(C)C(=O)O. The number of ether oxygens (including phenoxy) is 2. The van der Waals surface area contributed by atoms with E-state index >= 15 is 0 Å². The molecule has 0 radical (unpaired) electrons. The number of carboxylic acids is 1. The van der Waals surface area contributed by atoms with Gasteiger partial charge < -0.3 is 19.9 Å². The van der Waals surface area contributed by atoms with Crippen molar-refractivity contribution in [2.45, 2.75) is 26.3 Å². The van der Waals surface area contributed by atoms with E-state index in [0.717, 1.165) is 6.42 Å². The lowest BCUT2D eigenvalue weighted by molar-refractivity contribution is -0.138. The molecule has 6 heteroatoms. The van der Waals surface area contributed by atoms with Crippen LogP contribution in [0.2, 0.25) is 0 Å². The summed E-state index contributed by atoms with van der Waals surface area (Å²) < 4.78 is 10.6. The molecule has 0 aromatic heterocycles. The topological polar surface area (TPSA) is 84.9 Å². The zero-order valence-electron chi connectivity index (χ0n) is 11.8. The fourth-order valence-electron chi connectivity index (χ4n) is 1.48. The molecule has 0 saturated heterocycles. The lowest BCUT2D eigenvalue weighted by Crippen LogP contribution is -2.38. The molecule has 6 nitrogen and oxygen atoms in total. The Morgan fingerprint density at radius 1 is 1.40 bits per heavy atom. The summed E-state index contributed by atoms with van der Waals surface area (Å²) in [4.78, 5) is 22.8. The Labute approximate surface area is 117 Å². The molecule has 2 N–H and O–H groups in total. The highest BCUT2D eigenvalue weighted by Gasteiger charge is 2.19. The summed E-state index contributed by atoms with van der Waals surface area (Å²) in [5, 5.41) is 11.2. The Kier molecular flexibility index (Phi) is 5.83. The van der Waals surface area contributed by atoms with Gasteiger partial charge in [0.1, 0.15) is 17.5 Å². The first-order valence-corrected chi connectivity index (χ1v) is 6.34. The average Bonchev–Trinajstić information content (AvgIpc) is 2.44. The molecule has 1 amide bonds. The number of hydrogen-bond acceptors (Lipinski definition) is 4. The summed E-state index contributed by atoms with van der Waals surface area (Å²) in [6.45, 7) is 3.81. The molecule has 0 aliphatic heterocycles. The smallest absolute Gasteiger partial charge is 0.325 e. The predicted octanol–water partition coefficient (Wildman–Crippen LogP) is 1.69. The highest BCUT2D eigenvalue weighted by Crippen LogP contribution is 2.25. The fourth-order valence-corrected chi connectivity index (χ4v) is 1.48. The number of benzene rings is 1. The third-order valence-corrected chi connectivity index (χ3v) is 2.61. The number of aliphatic carboxylic acids is 1. The van der Waals surface area contributed by atoms with Crippen LogP contribution in [0, 0.1) is 0 Å². The lowest BCUT2D eigenvalue weighted by atomic mass is 10.1. The van der Waals surface area contributed by atoms with Crippen LogP contribution in [0.5, 0.6) is 11.5 Å². The van der Waals surface area contributed by atoms with Gasteiger partial charge in [0.25, 0.3) is 5.91 Å². The van der Waals surface area contributed by atoms with Gasteiger partial charge in [-0.3, -0.25) is 9.59 Å². The molecule has 0 aliphatic rings. The van der Waals surface area contributed by atoms with Crippen molar-refractivity contribution in [3.8, 4) is 11.5 Å². The Hall–Kier alpha value is -2.24. The van der Waals surface area contributed by atoms with Gasteiger partial charge in [0, 0.05) is 6.07 Å². The fraction of sp³-hybridized carbons (Fsp3) is 0.429. The minimum absolute atomic E-state index is 0.285. The van der Waals surface area contributed by atoms with E-state index in [9.17, 15) is 9.59 Å².